The number of benzene rings is 2. The lowest BCUT2D eigenvalue weighted by atomic mass is 10.0. The molecule has 2 N–H and O–H groups in total. The maximum Gasteiger partial charge on any atom is 0.252 e. The van der Waals surface area contributed by atoms with Gasteiger partial charge in [0, 0.05) is 31.2 Å². The molecule has 166 valence electrons. The number of amides is 2. The molecule has 3 rings (SSSR count). The molecule has 1 heterocycles. The molecule has 2 amide bonds. The van der Waals surface area contributed by atoms with Crippen molar-refractivity contribution >= 4 is 11.8 Å². The molecule has 6 nitrogen and oxygen atoms in total. The van der Waals surface area contributed by atoms with Gasteiger partial charge in [-0.25, -0.2) is 0 Å². The molecule has 1 aliphatic rings. The van der Waals surface area contributed by atoms with E-state index >= 15 is 0 Å². The van der Waals surface area contributed by atoms with Crippen LogP contribution in [-0.2, 0) is 9.53 Å². The van der Waals surface area contributed by atoms with Crippen LogP contribution < -0.4 is 10.6 Å². The van der Waals surface area contributed by atoms with Gasteiger partial charge in [-0.1, -0.05) is 62.4 Å². The van der Waals surface area contributed by atoms with Crippen LogP contribution in [-0.4, -0.2) is 55.6 Å². The van der Waals surface area contributed by atoms with Crippen LogP contribution in [0.2, 0.25) is 0 Å². The van der Waals surface area contributed by atoms with E-state index in [1.54, 1.807) is 12.1 Å². The second-order valence-electron chi connectivity index (χ2n) is 8.36. The molecule has 1 saturated heterocycles. The van der Waals surface area contributed by atoms with Crippen LogP contribution in [0.3, 0.4) is 0 Å². The Labute approximate surface area is 185 Å². The van der Waals surface area contributed by atoms with Crippen molar-refractivity contribution in [2.45, 2.75) is 32.4 Å². The fraction of sp³-hybridized carbons (Fsp3) is 0.440. The van der Waals surface area contributed by atoms with Crippen LogP contribution in [0.4, 0.5) is 0 Å². The van der Waals surface area contributed by atoms with Gasteiger partial charge in [-0.15, -0.1) is 0 Å². The number of rotatable bonds is 9. The van der Waals surface area contributed by atoms with Crippen molar-refractivity contribution in [3.63, 3.8) is 0 Å². The summed E-state index contributed by atoms with van der Waals surface area (Å²) >= 11 is 0. The van der Waals surface area contributed by atoms with Gasteiger partial charge in [0.05, 0.1) is 13.2 Å². The van der Waals surface area contributed by atoms with Crippen molar-refractivity contribution in [1.82, 2.24) is 15.5 Å². The third-order valence-corrected chi connectivity index (χ3v) is 5.52. The average Bonchev–Trinajstić information content (AvgIpc) is 2.81. The van der Waals surface area contributed by atoms with Crippen molar-refractivity contribution in [3.05, 3.63) is 71.8 Å². The Morgan fingerprint density at radius 1 is 0.968 bits per heavy atom. The van der Waals surface area contributed by atoms with Gasteiger partial charge in [-0.3, -0.25) is 14.5 Å². The van der Waals surface area contributed by atoms with Crippen LogP contribution in [0.15, 0.2) is 60.7 Å². The molecule has 0 aliphatic carbocycles. The van der Waals surface area contributed by atoms with Crippen molar-refractivity contribution in [2.24, 2.45) is 5.92 Å². The van der Waals surface area contributed by atoms with Gasteiger partial charge < -0.3 is 15.4 Å². The molecule has 0 aromatic heterocycles. The molecule has 0 saturated carbocycles. The number of nitrogens with zero attached hydrogens (tertiary/aromatic N) is 1. The smallest absolute Gasteiger partial charge is 0.252 e. The van der Waals surface area contributed by atoms with Gasteiger partial charge in [0.2, 0.25) is 5.91 Å². The quantitative estimate of drug-likeness (QED) is 0.651. The second kappa shape index (κ2) is 11.6. The number of morpholine rings is 1. The van der Waals surface area contributed by atoms with E-state index in [0.29, 0.717) is 18.0 Å². The number of hydrogen-bond donors (Lipinski definition) is 2. The minimum Gasteiger partial charge on any atom is -0.379 e. The summed E-state index contributed by atoms with van der Waals surface area (Å²) in [6.45, 7) is 8.14. The average molecular weight is 424 g/mol. The van der Waals surface area contributed by atoms with E-state index in [1.165, 1.54) is 0 Å². The van der Waals surface area contributed by atoms with Crippen molar-refractivity contribution in [3.8, 4) is 0 Å². The fourth-order valence-corrected chi connectivity index (χ4v) is 3.92. The standard InChI is InChI=1S/C25H33N3O3/c1-19(2)17-22(28-13-15-31-16-14-28)18-26-25(30)23(20-9-5-3-6-10-20)27-24(29)21-11-7-4-8-12-21/h3-12,19,22-23H,13-18H2,1-2H3,(H,26,30)(H,27,29). The van der Waals surface area contributed by atoms with E-state index in [1.807, 2.05) is 48.5 Å². The number of carbonyl (C=O) groups excluding carboxylic acids is 2. The SMILES string of the molecule is CC(C)CC(CNC(=O)C(NC(=O)c1ccccc1)c1ccccc1)N1CCOCC1. The number of nitrogens with one attached hydrogen (secondary N) is 2. The predicted octanol–water partition coefficient (Wildman–Crippen LogP) is 3.02. The Hall–Kier alpha value is -2.70. The summed E-state index contributed by atoms with van der Waals surface area (Å²) in [6.07, 6.45) is 0.993. The molecule has 2 unspecified atom stereocenters. The monoisotopic (exact) mass is 423 g/mol. The van der Waals surface area contributed by atoms with Crippen molar-refractivity contribution < 1.29 is 14.3 Å². The summed E-state index contributed by atoms with van der Waals surface area (Å²) in [6, 6.07) is 17.8. The van der Waals surface area contributed by atoms with Crippen LogP contribution in [0.1, 0.15) is 42.2 Å². The maximum absolute atomic E-state index is 13.2. The molecule has 2 aromatic rings. The van der Waals surface area contributed by atoms with Gasteiger partial charge in [-0.05, 0) is 30.0 Å². The Bertz CT molecular complexity index is 820. The summed E-state index contributed by atoms with van der Waals surface area (Å²) in [4.78, 5) is 28.4. The molecular weight excluding hydrogens is 390 g/mol. The highest BCUT2D eigenvalue weighted by Crippen LogP contribution is 2.16. The lowest BCUT2D eigenvalue weighted by Crippen LogP contribution is -2.50. The highest BCUT2D eigenvalue weighted by atomic mass is 16.5. The zero-order valence-electron chi connectivity index (χ0n) is 18.4. The predicted molar refractivity (Wildman–Crippen MR) is 122 cm³/mol. The fourth-order valence-electron chi connectivity index (χ4n) is 3.92. The largest absolute Gasteiger partial charge is 0.379 e. The topological polar surface area (TPSA) is 70.7 Å². The normalized spacial score (nSPS) is 16.5. The highest BCUT2D eigenvalue weighted by molar-refractivity contribution is 5.97. The van der Waals surface area contributed by atoms with E-state index in [4.69, 9.17) is 4.74 Å². The lowest BCUT2D eigenvalue weighted by Gasteiger charge is -2.35. The van der Waals surface area contributed by atoms with E-state index < -0.39 is 6.04 Å². The third kappa shape index (κ3) is 6.91. The van der Waals surface area contributed by atoms with E-state index in [2.05, 4.69) is 29.4 Å². The van der Waals surface area contributed by atoms with Gasteiger partial charge in [0.15, 0.2) is 0 Å². The maximum atomic E-state index is 13.2. The molecule has 31 heavy (non-hydrogen) atoms. The summed E-state index contributed by atoms with van der Waals surface area (Å²) < 4.78 is 5.49. The van der Waals surface area contributed by atoms with Crippen molar-refractivity contribution in [1.29, 1.82) is 0 Å². The molecule has 2 aromatic carbocycles. The first-order valence-corrected chi connectivity index (χ1v) is 11.0. The number of ether oxygens (including phenoxy) is 1. The Morgan fingerprint density at radius 2 is 1.58 bits per heavy atom. The van der Waals surface area contributed by atoms with Crippen molar-refractivity contribution in [2.75, 3.05) is 32.8 Å². The first-order chi connectivity index (χ1) is 15.0. The molecule has 0 bridgehead atoms. The zero-order valence-corrected chi connectivity index (χ0v) is 18.4. The Balaban J connectivity index is 1.70. The Morgan fingerprint density at radius 3 is 2.19 bits per heavy atom. The second-order valence-corrected chi connectivity index (χ2v) is 8.36. The van der Waals surface area contributed by atoms with E-state index in [-0.39, 0.29) is 17.9 Å². The molecule has 2 atom stereocenters. The van der Waals surface area contributed by atoms with E-state index in [9.17, 15) is 9.59 Å². The lowest BCUT2D eigenvalue weighted by molar-refractivity contribution is -0.123. The third-order valence-electron chi connectivity index (χ3n) is 5.52. The summed E-state index contributed by atoms with van der Waals surface area (Å²) in [7, 11) is 0. The summed E-state index contributed by atoms with van der Waals surface area (Å²) in [5.41, 5.74) is 1.29. The van der Waals surface area contributed by atoms with Gasteiger partial charge in [0.25, 0.3) is 5.91 Å². The van der Waals surface area contributed by atoms with Gasteiger partial charge in [0.1, 0.15) is 6.04 Å². The Kier molecular flexibility index (Phi) is 8.62. The number of hydrogen-bond acceptors (Lipinski definition) is 4. The summed E-state index contributed by atoms with van der Waals surface area (Å²) in [5.74, 6) is 0.0569. The first kappa shape index (κ1) is 23.0. The van der Waals surface area contributed by atoms with Crippen LogP contribution in [0, 0.1) is 5.92 Å². The number of carbonyl (C=O) groups is 2. The molecular formula is C25H33N3O3. The minimum absolute atomic E-state index is 0.197. The summed E-state index contributed by atoms with van der Waals surface area (Å²) in [5, 5.41) is 6.01. The molecule has 6 heteroatoms. The van der Waals surface area contributed by atoms with Crippen LogP contribution in [0.25, 0.3) is 0 Å². The molecule has 1 fully saturated rings. The molecule has 0 radical (unpaired) electrons. The first-order valence-electron chi connectivity index (χ1n) is 11.0. The molecule has 0 spiro atoms. The van der Waals surface area contributed by atoms with E-state index in [0.717, 1.165) is 38.3 Å². The highest BCUT2D eigenvalue weighted by Gasteiger charge is 2.26. The van der Waals surface area contributed by atoms with Gasteiger partial charge in [-0.2, -0.15) is 0 Å². The minimum atomic E-state index is -0.752. The zero-order chi connectivity index (χ0) is 22.1. The van der Waals surface area contributed by atoms with Gasteiger partial charge >= 0.3 is 0 Å². The molecule has 1 aliphatic heterocycles. The van der Waals surface area contributed by atoms with Crippen LogP contribution in [0.5, 0.6) is 0 Å². The van der Waals surface area contributed by atoms with Crippen LogP contribution >= 0.6 is 0 Å².